The average molecular weight is 433 g/mol. The number of carbonyl (C=O) groups is 1. The number of aromatic nitrogens is 1. The van der Waals surface area contributed by atoms with E-state index in [0.717, 1.165) is 47.2 Å². The van der Waals surface area contributed by atoms with Crippen LogP contribution >= 0.6 is 0 Å². The molecule has 1 aliphatic carbocycles. The van der Waals surface area contributed by atoms with Crippen LogP contribution in [0.3, 0.4) is 0 Å². The predicted molar refractivity (Wildman–Crippen MR) is 121 cm³/mol. The van der Waals surface area contributed by atoms with Crippen LogP contribution in [0.5, 0.6) is 5.75 Å². The van der Waals surface area contributed by atoms with Gasteiger partial charge < -0.3 is 9.84 Å². The molecule has 2 N–H and O–H groups in total. The summed E-state index contributed by atoms with van der Waals surface area (Å²) in [5.74, 6) is 0.0698. The predicted octanol–water partition coefficient (Wildman–Crippen LogP) is 5.18. The zero-order valence-corrected chi connectivity index (χ0v) is 18.0. The molecule has 32 heavy (non-hydrogen) atoms. The second-order valence-corrected chi connectivity index (χ2v) is 8.89. The van der Waals surface area contributed by atoms with Crippen molar-refractivity contribution in [2.75, 3.05) is 0 Å². The summed E-state index contributed by atoms with van der Waals surface area (Å²) in [6.07, 6.45) is 6.85. The van der Waals surface area contributed by atoms with Gasteiger partial charge in [0.15, 0.2) is 0 Å². The number of benzene rings is 2. The molecule has 1 saturated carbocycles. The van der Waals surface area contributed by atoms with Crippen LogP contribution in [0.2, 0.25) is 0 Å². The molecule has 1 saturated heterocycles. The number of fused-ring (bicyclic) bond motifs is 1. The van der Waals surface area contributed by atoms with Crippen molar-refractivity contribution in [3.8, 4) is 5.75 Å². The molecule has 1 aromatic heterocycles. The normalized spacial score (nSPS) is 21.9. The first-order chi connectivity index (χ1) is 15.6. The highest BCUT2D eigenvalue weighted by Gasteiger charge is 2.60. The van der Waals surface area contributed by atoms with E-state index in [1.807, 2.05) is 60.7 Å². The molecule has 3 aromatic rings. The second-order valence-electron chi connectivity index (χ2n) is 8.89. The van der Waals surface area contributed by atoms with E-state index in [-0.39, 0.29) is 5.92 Å². The monoisotopic (exact) mass is 432 g/mol. The summed E-state index contributed by atoms with van der Waals surface area (Å²) in [6.45, 7) is 0.374. The molecule has 0 bridgehead atoms. The molecule has 2 aromatic carbocycles. The van der Waals surface area contributed by atoms with E-state index in [0.29, 0.717) is 12.5 Å². The molecule has 0 amide bonds. The lowest BCUT2D eigenvalue weighted by Crippen LogP contribution is -2.36. The number of hydrogen-bond donors (Lipinski definition) is 2. The Bertz CT molecular complexity index is 1090. The van der Waals surface area contributed by atoms with Crippen LogP contribution in [0.15, 0.2) is 60.7 Å². The largest absolute Gasteiger partial charge is 0.487 e. The molecular formula is C26H28N2O4. The van der Waals surface area contributed by atoms with Crippen LogP contribution in [-0.2, 0) is 16.2 Å². The first kappa shape index (κ1) is 20.9. The topological polar surface area (TPSA) is 93.9 Å². The third kappa shape index (κ3) is 4.33. The van der Waals surface area contributed by atoms with Crippen molar-refractivity contribution >= 4 is 16.9 Å². The minimum Gasteiger partial charge on any atom is -0.487 e. The maximum atomic E-state index is 11.9. The average Bonchev–Trinajstić information content (AvgIpc) is 3.64. The van der Waals surface area contributed by atoms with E-state index < -0.39 is 11.7 Å². The molecule has 2 heterocycles. The van der Waals surface area contributed by atoms with E-state index in [1.165, 1.54) is 19.3 Å². The Labute approximate surface area is 187 Å². The Balaban J connectivity index is 1.29. The molecule has 2 atom stereocenters. The van der Waals surface area contributed by atoms with Crippen molar-refractivity contribution in [1.82, 2.24) is 10.5 Å². The van der Waals surface area contributed by atoms with Gasteiger partial charge in [-0.3, -0.25) is 4.84 Å². The number of rotatable bonds is 8. The number of pyridine rings is 1. The van der Waals surface area contributed by atoms with Gasteiger partial charge in [-0.15, -0.1) is 0 Å². The summed E-state index contributed by atoms with van der Waals surface area (Å²) in [6, 6.07) is 19.8. The molecule has 2 fully saturated rings. The van der Waals surface area contributed by atoms with Crippen LogP contribution in [0.1, 0.15) is 55.7 Å². The fourth-order valence-electron chi connectivity index (χ4n) is 4.87. The highest BCUT2D eigenvalue weighted by atomic mass is 16.8. The molecule has 6 nitrogen and oxygen atoms in total. The molecule has 6 heteroatoms. The Kier molecular flexibility index (Phi) is 5.81. The highest BCUT2D eigenvalue weighted by molar-refractivity contribution is 5.80. The Morgan fingerprint density at radius 3 is 2.56 bits per heavy atom. The van der Waals surface area contributed by atoms with Gasteiger partial charge in [-0.1, -0.05) is 68.5 Å². The molecular weight excluding hydrogens is 404 g/mol. The number of ether oxygens (including phenoxy) is 1. The summed E-state index contributed by atoms with van der Waals surface area (Å²) in [7, 11) is 0. The van der Waals surface area contributed by atoms with Crippen LogP contribution < -0.4 is 10.2 Å². The summed E-state index contributed by atoms with van der Waals surface area (Å²) < 4.78 is 5.95. The van der Waals surface area contributed by atoms with Gasteiger partial charge in [0, 0.05) is 11.3 Å². The molecule has 0 spiro atoms. The van der Waals surface area contributed by atoms with Crippen molar-refractivity contribution in [2.45, 2.75) is 56.8 Å². The van der Waals surface area contributed by atoms with Crippen molar-refractivity contribution in [3.05, 3.63) is 71.9 Å². The lowest BCUT2D eigenvalue weighted by molar-refractivity contribution is -0.144. The van der Waals surface area contributed by atoms with Gasteiger partial charge in [-0.2, -0.15) is 5.48 Å². The zero-order chi connectivity index (χ0) is 22.0. The number of para-hydroxylation sites is 1. The quantitative estimate of drug-likeness (QED) is 0.476. The maximum Gasteiger partial charge on any atom is 0.356 e. The van der Waals surface area contributed by atoms with Gasteiger partial charge in [-0.25, -0.2) is 9.78 Å². The number of aliphatic carboxylic acids is 1. The molecule has 2 unspecified atom stereocenters. The van der Waals surface area contributed by atoms with E-state index in [1.54, 1.807) is 0 Å². The molecule has 1 aliphatic heterocycles. The van der Waals surface area contributed by atoms with Gasteiger partial charge >= 0.3 is 5.97 Å². The number of nitrogens with one attached hydrogen (secondary N) is 1. The van der Waals surface area contributed by atoms with E-state index in [9.17, 15) is 9.90 Å². The first-order valence-electron chi connectivity index (χ1n) is 11.4. The van der Waals surface area contributed by atoms with Crippen molar-refractivity contribution < 1.29 is 19.5 Å². The van der Waals surface area contributed by atoms with Crippen LogP contribution in [0.4, 0.5) is 0 Å². The SMILES string of the molecule is O=C(O)C1(C(CC2CCCCC2)c2ccc(OCc3ccc4ccccc4n3)cc2)NO1. The minimum atomic E-state index is -1.31. The zero-order valence-electron chi connectivity index (χ0n) is 18.0. The number of hydrogen-bond acceptors (Lipinski definition) is 5. The summed E-state index contributed by atoms with van der Waals surface area (Å²) in [4.78, 5) is 21.9. The Morgan fingerprint density at radius 1 is 1.09 bits per heavy atom. The van der Waals surface area contributed by atoms with Crippen molar-refractivity contribution in [1.29, 1.82) is 0 Å². The highest BCUT2D eigenvalue weighted by Crippen LogP contribution is 2.44. The van der Waals surface area contributed by atoms with Crippen LogP contribution in [0, 0.1) is 5.92 Å². The smallest absolute Gasteiger partial charge is 0.356 e. The number of hydroxylamine groups is 1. The second kappa shape index (κ2) is 8.88. The molecule has 0 radical (unpaired) electrons. The Morgan fingerprint density at radius 2 is 1.84 bits per heavy atom. The summed E-state index contributed by atoms with van der Waals surface area (Å²) >= 11 is 0. The van der Waals surface area contributed by atoms with E-state index >= 15 is 0 Å². The van der Waals surface area contributed by atoms with Gasteiger partial charge in [-0.05, 0) is 42.2 Å². The van der Waals surface area contributed by atoms with Crippen LogP contribution in [-0.4, -0.2) is 21.8 Å². The van der Waals surface area contributed by atoms with E-state index in [2.05, 4.69) is 10.5 Å². The molecule has 5 rings (SSSR count). The number of carboxylic acids is 1. The number of nitrogens with zero attached hydrogens (tertiary/aromatic N) is 1. The third-order valence-corrected chi connectivity index (χ3v) is 6.75. The lowest BCUT2D eigenvalue weighted by atomic mass is 9.77. The fourth-order valence-corrected chi connectivity index (χ4v) is 4.87. The Hall–Kier alpha value is -2.96. The maximum absolute atomic E-state index is 11.9. The summed E-state index contributed by atoms with van der Waals surface area (Å²) in [5.41, 5.74) is 4.13. The van der Waals surface area contributed by atoms with Gasteiger partial charge in [0.05, 0.1) is 11.2 Å². The first-order valence-corrected chi connectivity index (χ1v) is 11.4. The fraction of sp³-hybridized carbons (Fsp3) is 0.385. The molecule has 166 valence electrons. The third-order valence-electron chi connectivity index (χ3n) is 6.75. The van der Waals surface area contributed by atoms with Gasteiger partial charge in [0.1, 0.15) is 12.4 Å². The van der Waals surface area contributed by atoms with E-state index in [4.69, 9.17) is 9.57 Å². The van der Waals surface area contributed by atoms with Crippen LogP contribution in [0.25, 0.3) is 10.9 Å². The standard InChI is InChI=1S/C26H28N2O4/c29-25(30)26(28-32-26)23(16-18-6-2-1-3-7-18)19-11-14-22(15-12-19)31-17-21-13-10-20-8-4-5-9-24(20)27-21/h4-5,8-15,18,23,28H,1-3,6-7,16-17H2,(H,29,30). The number of carboxylic acid groups (broad SMARTS) is 1. The molecule has 2 aliphatic rings. The van der Waals surface area contributed by atoms with Gasteiger partial charge in [0.25, 0.3) is 5.72 Å². The van der Waals surface area contributed by atoms with Crippen molar-refractivity contribution in [3.63, 3.8) is 0 Å². The lowest BCUT2D eigenvalue weighted by Gasteiger charge is -2.28. The van der Waals surface area contributed by atoms with Gasteiger partial charge in [0.2, 0.25) is 0 Å². The minimum absolute atomic E-state index is 0.237. The summed E-state index contributed by atoms with van der Waals surface area (Å²) in [5, 5.41) is 10.9. The van der Waals surface area contributed by atoms with Crippen molar-refractivity contribution in [2.24, 2.45) is 5.92 Å².